The van der Waals surface area contributed by atoms with E-state index in [1.165, 1.54) is 12.1 Å². The van der Waals surface area contributed by atoms with Crippen LogP contribution in [-0.2, 0) is 17.9 Å². The van der Waals surface area contributed by atoms with Gasteiger partial charge in [0.25, 0.3) is 16.8 Å². The smallest absolute Gasteiger partial charge is 0.293 e. The molecule has 2 amide bonds. The van der Waals surface area contributed by atoms with E-state index in [0.717, 1.165) is 16.7 Å². The Morgan fingerprint density at radius 2 is 1.84 bits per heavy atom. The predicted molar refractivity (Wildman–Crippen MR) is 143 cm³/mol. The molecular weight excluding hydrogens is 539 g/mol. The highest BCUT2D eigenvalue weighted by atomic mass is 35.5. The summed E-state index contributed by atoms with van der Waals surface area (Å²) < 4.78 is 11.6. The summed E-state index contributed by atoms with van der Waals surface area (Å²) in [6.45, 7) is 2.33. The normalized spacial score (nSPS) is 14.4. The topological polar surface area (TPSA) is 99.0 Å². The first-order valence-electron chi connectivity index (χ1n) is 11.1. The van der Waals surface area contributed by atoms with Crippen LogP contribution in [-0.4, -0.2) is 27.6 Å². The van der Waals surface area contributed by atoms with Gasteiger partial charge in [0.2, 0.25) is 0 Å². The molecule has 0 aromatic heterocycles. The summed E-state index contributed by atoms with van der Waals surface area (Å²) in [7, 11) is 0. The molecule has 0 aliphatic carbocycles. The standard InChI is InChI=1S/C26H20Cl2N2O6S/c1-2-35-23-11-16(6-9-22(23)36-15-17-4-3-5-20(10-17)30(33)34)12-24-25(31)29(26(32)37-24)14-18-7-8-19(27)13-21(18)28/h3-13H,2,14-15H2,1H3/b24-12+. The Morgan fingerprint density at radius 3 is 2.57 bits per heavy atom. The molecule has 1 fully saturated rings. The molecule has 0 radical (unpaired) electrons. The molecule has 1 saturated heterocycles. The second kappa shape index (κ2) is 11.7. The number of imide groups is 1. The van der Waals surface area contributed by atoms with Crippen molar-refractivity contribution in [2.75, 3.05) is 6.61 Å². The molecule has 8 nitrogen and oxygen atoms in total. The van der Waals surface area contributed by atoms with Crippen molar-refractivity contribution < 1.29 is 24.0 Å². The van der Waals surface area contributed by atoms with Gasteiger partial charge in [0.15, 0.2) is 11.5 Å². The number of ether oxygens (including phenoxy) is 2. The van der Waals surface area contributed by atoms with E-state index in [-0.39, 0.29) is 23.7 Å². The Labute approximate surface area is 226 Å². The van der Waals surface area contributed by atoms with Crippen LogP contribution in [0.4, 0.5) is 10.5 Å². The number of nitro groups is 1. The lowest BCUT2D eigenvalue weighted by Crippen LogP contribution is -2.27. The summed E-state index contributed by atoms with van der Waals surface area (Å²) in [5.41, 5.74) is 1.86. The monoisotopic (exact) mass is 558 g/mol. The van der Waals surface area contributed by atoms with Gasteiger partial charge in [0.1, 0.15) is 6.61 Å². The minimum atomic E-state index is -0.463. The van der Waals surface area contributed by atoms with E-state index in [1.807, 2.05) is 6.92 Å². The molecule has 4 rings (SSSR count). The van der Waals surface area contributed by atoms with Crippen LogP contribution in [0.3, 0.4) is 0 Å². The number of rotatable bonds is 9. The number of nitrogens with zero attached hydrogens (tertiary/aromatic N) is 2. The molecule has 190 valence electrons. The largest absolute Gasteiger partial charge is 0.490 e. The van der Waals surface area contributed by atoms with E-state index in [0.29, 0.717) is 44.8 Å². The summed E-state index contributed by atoms with van der Waals surface area (Å²) in [6, 6.07) is 16.2. The Balaban J connectivity index is 1.51. The third-order valence-corrected chi connectivity index (χ3v) is 6.79. The summed E-state index contributed by atoms with van der Waals surface area (Å²) in [5, 5.41) is 11.4. The predicted octanol–water partition coefficient (Wildman–Crippen LogP) is 7.12. The van der Waals surface area contributed by atoms with Crippen LogP contribution in [0.5, 0.6) is 11.5 Å². The van der Waals surface area contributed by atoms with Crippen LogP contribution in [0, 0.1) is 10.1 Å². The second-order valence-electron chi connectivity index (χ2n) is 7.86. The minimum absolute atomic E-state index is 0.0197. The molecule has 1 aliphatic heterocycles. The lowest BCUT2D eigenvalue weighted by atomic mass is 10.1. The van der Waals surface area contributed by atoms with Crippen LogP contribution in [0.15, 0.2) is 65.6 Å². The Hall–Kier alpha value is -3.53. The molecule has 0 N–H and O–H groups in total. The highest BCUT2D eigenvalue weighted by molar-refractivity contribution is 8.18. The second-order valence-corrected chi connectivity index (χ2v) is 9.70. The zero-order chi connectivity index (χ0) is 26.5. The molecule has 1 heterocycles. The fraction of sp³-hybridized carbons (Fsp3) is 0.154. The first kappa shape index (κ1) is 26.5. The van der Waals surface area contributed by atoms with E-state index >= 15 is 0 Å². The van der Waals surface area contributed by atoms with E-state index in [1.54, 1.807) is 54.6 Å². The number of carbonyl (C=O) groups excluding carboxylic acids is 2. The average molecular weight is 559 g/mol. The molecule has 1 aliphatic rings. The third-order valence-electron chi connectivity index (χ3n) is 5.30. The average Bonchev–Trinajstić information content (AvgIpc) is 3.12. The van der Waals surface area contributed by atoms with E-state index in [4.69, 9.17) is 32.7 Å². The van der Waals surface area contributed by atoms with Gasteiger partial charge in [0, 0.05) is 22.2 Å². The van der Waals surface area contributed by atoms with Gasteiger partial charge in [-0.1, -0.05) is 47.5 Å². The fourth-order valence-corrected chi connectivity index (χ4v) is 4.84. The number of hydrogen-bond acceptors (Lipinski definition) is 7. The van der Waals surface area contributed by atoms with Gasteiger partial charge in [-0.2, -0.15) is 0 Å². The number of carbonyl (C=O) groups is 2. The summed E-state index contributed by atoms with van der Waals surface area (Å²) in [6.07, 6.45) is 1.61. The van der Waals surface area contributed by atoms with E-state index < -0.39 is 16.1 Å². The van der Waals surface area contributed by atoms with Crippen LogP contribution >= 0.6 is 35.0 Å². The maximum absolute atomic E-state index is 13.0. The SMILES string of the molecule is CCOc1cc(/C=C2/SC(=O)N(Cc3ccc(Cl)cc3Cl)C2=O)ccc1OCc1cccc([N+](=O)[O-])c1. The zero-order valence-electron chi connectivity index (χ0n) is 19.5. The molecule has 11 heteroatoms. The summed E-state index contributed by atoms with van der Waals surface area (Å²) in [5.74, 6) is 0.454. The number of benzene rings is 3. The minimum Gasteiger partial charge on any atom is -0.490 e. The van der Waals surface area contributed by atoms with Gasteiger partial charge in [0.05, 0.1) is 23.0 Å². The van der Waals surface area contributed by atoms with Crippen molar-refractivity contribution >= 4 is 57.9 Å². The number of amides is 2. The molecule has 0 atom stereocenters. The van der Waals surface area contributed by atoms with Gasteiger partial charge in [-0.15, -0.1) is 0 Å². The molecule has 0 bridgehead atoms. The van der Waals surface area contributed by atoms with Crippen LogP contribution in [0.1, 0.15) is 23.6 Å². The maximum Gasteiger partial charge on any atom is 0.293 e. The van der Waals surface area contributed by atoms with Crippen molar-refractivity contribution in [3.8, 4) is 11.5 Å². The first-order chi connectivity index (χ1) is 17.7. The third kappa shape index (κ3) is 6.43. The number of non-ortho nitro benzene ring substituents is 1. The zero-order valence-corrected chi connectivity index (χ0v) is 21.8. The highest BCUT2D eigenvalue weighted by Crippen LogP contribution is 2.36. The van der Waals surface area contributed by atoms with Crippen molar-refractivity contribution in [3.05, 3.63) is 102 Å². The molecular formula is C26H20Cl2N2O6S. The van der Waals surface area contributed by atoms with E-state index in [9.17, 15) is 19.7 Å². The lowest BCUT2D eigenvalue weighted by molar-refractivity contribution is -0.384. The molecule has 0 spiro atoms. The number of nitro benzene ring substituents is 1. The van der Waals surface area contributed by atoms with Crippen molar-refractivity contribution in [2.45, 2.75) is 20.1 Å². The van der Waals surface area contributed by atoms with Crippen LogP contribution in [0.2, 0.25) is 10.0 Å². The van der Waals surface area contributed by atoms with Crippen molar-refractivity contribution in [2.24, 2.45) is 0 Å². The van der Waals surface area contributed by atoms with Crippen molar-refractivity contribution in [3.63, 3.8) is 0 Å². The summed E-state index contributed by atoms with van der Waals surface area (Å²) >= 11 is 13.0. The molecule has 0 unspecified atom stereocenters. The van der Waals surface area contributed by atoms with E-state index in [2.05, 4.69) is 0 Å². The highest BCUT2D eigenvalue weighted by Gasteiger charge is 2.35. The molecule has 3 aromatic carbocycles. The Morgan fingerprint density at radius 1 is 1.03 bits per heavy atom. The Kier molecular flexibility index (Phi) is 8.38. The fourth-order valence-electron chi connectivity index (χ4n) is 3.53. The number of thioether (sulfide) groups is 1. The van der Waals surface area contributed by atoms with Crippen molar-refractivity contribution in [1.82, 2.24) is 4.90 Å². The number of hydrogen-bond donors (Lipinski definition) is 0. The van der Waals surface area contributed by atoms with Crippen LogP contribution in [0.25, 0.3) is 6.08 Å². The molecule has 0 saturated carbocycles. The molecule has 3 aromatic rings. The maximum atomic E-state index is 13.0. The number of halogens is 2. The molecule has 37 heavy (non-hydrogen) atoms. The Bertz CT molecular complexity index is 1410. The summed E-state index contributed by atoms with van der Waals surface area (Å²) in [4.78, 5) is 37.4. The van der Waals surface area contributed by atoms with Crippen molar-refractivity contribution in [1.29, 1.82) is 0 Å². The van der Waals surface area contributed by atoms with Gasteiger partial charge in [-0.3, -0.25) is 24.6 Å². The quantitative estimate of drug-likeness (QED) is 0.156. The lowest BCUT2D eigenvalue weighted by Gasteiger charge is -2.14. The van der Waals surface area contributed by atoms with Gasteiger partial charge in [-0.05, 0) is 65.7 Å². The van der Waals surface area contributed by atoms with Gasteiger partial charge >= 0.3 is 0 Å². The van der Waals surface area contributed by atoms with Gasteiger partial charge < -0.3 is 9.47 Å². The first-order valence-corrected chi connectivity index (χ1v) is 12.6. The van der Waals surface area contributed by atoms with Crippen LogP contribution < -0.4 is 9.47 Å². The van der Waals surface area contributed by atoms with Gasteiger partial charge in [-0.25, -0.2) is 0 Å².